The Kier molecular flexibility index (Phi) is 3.62. The molecule has 1 aromatic carbocycles. The van der Waals surface area contributed by atoms with Crippen molar-refractivity contribution in [2.75, 3.05) is 0 Å². The van der Waals surface area contributed by atoms with Gasteiger partial charge < -0.3 is 0 Å². The molecule has 0 aliphatic heterocycles. The highest BCUT2D eigenvalue weighted by Crippen LogP contribution is 2.38. The summed E-state index contributed by atoms with van der Waals surface area (Å²) in [4.78, 5) is 23.8. The molecule has 7 heteroatoms. The lowest BCUT2D eigenvalue weighted by atomic mass is 10.2. The molecule has 0 atom stereocenters. The van der Waals surface area contributed by atoms with Gasteiger partial charge in [-0.1, -0.05) is 23.7 Å². The van der Waals surface area contributed by atoms with Gasteiger partial charge in [0.1, 0.15) is 0 Å². The summed E-state index contributed by atoms with van der Waals surface area (Å²) in [5, 5.41) is 7.08. The van der Waals surface area contributed by atoms with Crippen LogP contribution in [0, 0.1) is 0 Å². The number of H-pyrrole nitrogens is 1. The van der Waals surface area contributed by atoms with Crippen molar-refractivity contribution in [2.45, 2.75) is 18.8 Å². The van der Waals surface area contributed by atoms with Gasteiger partial charge in [-0.3, -0.25) is 25.5 Å². The van der Waals surface area contributed by atoms with Gasteiger partial charge in [0.15, 0.2) is 5.69 Å². The Morgan fingerprint density at radius 2 is 1.90 bits per heavy atom. The maximum atomic E-state index is 11.9. The summed E-state index contributed by atoms with van der Waals surface area (Å²) >= 11 is 5.91. The number of carbonyl (C=O) groups is 2. The fourth-order valence-electron chi connectivity index (χ4n) is 1.95. The van der Waals surface area contributed by atoms with Gasteiger partial charge in [-0.15, -0.1) is 0 Å². The molecule has 0 spiro atoms. The molecule has 0 radical (unpaired) electrons. The zero-order valence-electron chi connectivity index (χ0n) is 11.0. The minimum Gasteiger partial charge on any atom is -0.281 e. The second-order valence-corrected chi connectivity index (χ2v) is 5.28. The quantitative estimate of drug-likeness (QED) is 0.758. The monoisotopic (exact) mass is 304 g/mol. The molecule has 1 aliphatic carbocycles. The molecule has 2 amide bonds. The first-order valence-electron chi connectivity index (χ1n) is 6.55. The van der Waals surface area contributed by atoms with E-state index in [4.69, 9.17) is 11.6 Å². The lowest BCUT2D eigenvalue weighted by Crippen LogP contribution is -2.41. The van der Waals surface area contributed by atoms with Gasteiger partial charge in [0, 0.05) is 11.6 Å². The smallest absolute Gasteiger partial charge is 0.281 e. The summed E-state index contributed by atoms with van der Waals surface area (Å²) in [5.41, 5.74) is 6.13. The van der Waals surface area contributed by atoms with Crippen molar-refractivity contribution in [2.24, 2.45) is 0 Å². The molecule has 6 nitrogen and oxygen atoms in total. The number of hydrazine groups is 1. The highest BCUT2D eigenvalue weighted by Gasteiger charge is 2.26. The number of nitrogens with zero attached hydrogens (tertiary/aromatic N) is 1. The molecular formula is C14H13ClN4O2. The number of carbonyl (C=O) groups excluding carboxylic acids is 2. The van der Waals surface area contributed by atoms with Crippen molar-refractivity contribution in [1.29, 1.82) is 0 Å². The van der Waals surface area contributed by atoms with Gasteiger partial charge in [-0.05, 0) is 31.0 Å². The summed E-state index contributed by atoms with van der Waals surface area (Å²) in [6, 6.07) is 8.30. The Hall–Kier alpha value is -2.34. The molecular weight excluding hydrogens is 292 g/mol. The summed E-state index contributed by atoms with van der Waals surface area (Å²) in [5.74, 6) is -0.470. The van der Waals surface area contributed by atoms with Crippen molar-refractivity contribution in [1.82, 2.24) is 21.0 Å². The van der Waals surface area contributed by atoms with E-state index in [1.165, 1.54) is 0 Å². The fraction of sp³-hybridized carbons (Fsp3) is 0.214. The van der Waals surface area contributed by atoms with E-state index in [0.29, 0.717) is 16.5 Å². The van der Waals surface area contributed by atoms with Crippen LogP contribution in [0.2, 0.25) is 5.02 Å². The van der Waals surface area contributed by atoms with Gasteiger partial charge in [-0.25, -0.2) is 0 Å². The number of aromatic nitrogens is 2. The predicted octanol–water partition coefficient (Wildman–Crippen LogP) is 2.02. The Morgan fingerprint density at radius 1 is 1.19 bits per heavy atom. The van der Waals surface area contributed by atoms with Crippen LogP contribution in [0.1, 0.15) is 45.3 Å². The van der Waals surface area contributed by atoms with Crippen LogP contribution in [0.5, 0.6) is 0 Å². The van der Waals surface area contributed by atoms with E-state index in [0.717, 1.165) is 18.5 Å². The number of halogens is 1. The van der Waals surface area contributed by atoms with Gasteiger partial charge in [0.25, 0.3) is 11.8 Å². The third-order valence-electron chi connectivity index (χ3n) is 3.26. The van der Waals surface area contributed by atoms with Crippen molar-refractivity contribution < 1.29 is 9.59 Å². The summed E-state index contributed by atoms with van der Waals surface area (Å²) in [7, 11) is 0. The van der Waals surface area contributed by atoms with Crippen LogP contribution in [0.15, 0.2) is 30.3 Å². The van der Waals surface area contributed by atoms with Crippen molar-refractivity contribution in [3.63, 3.8) is 0 Å². The number of nitrogens with one attached hydrogen (secondary N) is 3. The highest BCUT2D eigenvalue weighted by molar-refractivity contribution is 6.33. The second kappa shape index (κ2) is 5.57. The minimum atomic E-state index is -0.480. The molecule has 21 heavy (non-hydrogen) atoms. The van der Waals surface area contributed by atoms with Gasteiger partial charge in [-0.2, -0.15) is 5.10 Å². The van der Waals surface area contributed by atoms with Crippen LogP contribution >= 0.6 is 11.6 Å². The van der Waals surface area contributed by atoms with Crippen LogP contribution < -0.4 is 10.9 Å². The third-order valence-corrected chi connectivity index (χ3v) is 3.59. The van der Waals surface area contributed by atoms with Crippen LogP contribution in [0.4, 0.5) is 0 Å². The van der Waals surface area contributed by atoms with E-state index in [1.807, 2.05) is 0 Å². The topological polar surface area (TPSA) is 86.9 Å². The van der Waals surface area contributed by atoms with E-state index in [-0.39, 0.29) is 5.69 Å². The molecule has 0 unspecified atom stereocenters. The molecule has 1 fully saturated rings. The van der Waals surface area contributed by atoms with E-state index < -0.39 is 11.8 Å². The van der Waals surface area contributed by atoms with Gasteiger partial charge >= 0.3 is 0 Å². The fourth-order valence-corrected chi connectivity index (χ4v) is 2.17. The van der Waals surface area contributed by atoms with Crippen molar-refractivity contribution in [3.8, 4) is 0 Å². The maximum absolute atomic E-state index is 11.9. The first-order chi connectivity index (χ1) is 10.1. The zero-order chi connectivity index (χ0) is 14.8. The zero-order valence-corrected chi connectivity index (χ0v) is 11.8. The lowest BCUT2D eigenvalue weighted by molar-refractivity contribution is 0.0844. The number of hydrogen-bond donors (Lipinski definition) is 3. The second-order valence-electron chi connectivity index (χ2n) is 4.87. The van der Waals surface area contributed by atoms with Gasteiger partial charge in [0.2, 0.25) is 0 Å². The van der Waals surface area contributed by atoms with Crippen molar-refractivity contribution in [3.05, 3.63) is 52.3 Å². The SMILES string of the molecule is O=C(NNC(=O)c1ccccc1Cl)c1cc(C2CC2)[nH]n1. The molecule has 3 rings (SSSR count). The molecule has 108 valence electrons. The number of rotatable bonds is 3. The Morgan fingerprint density at radius 3 is 2.62 bits per heavy atom. The molecule has 1 saturated carbocycles. The van der Waals surface area contributed by atoms with Crippen LogP contribution in [0.25, 0.3) is 0 Å². The summed E-state index contributed by atoms with van der Waals surface area (Å²) < 4.78 is 0. The first kappa shape index (κ1) is 13.6. The minimum absolute atomic E-state index is 0.247. The van der Waals surface area contributed by atoms with E-state index >= 15 is 0 Å². The standard InChI is InChI=1S/C14H13ClN4O2/c15-10-4-2-1-3-9(10)13(20)18-19-14(21)12-7-11(16-17-12)8-5-6-8/h1-4,7-8H,5-6H2,(H,16,17)(H,18,20)(H,19,21). The number of hydrogen-bond acceptors (Lipinski definition) is 3. The molecule has 0 saturated heterocycles. The molecule has 0 bridgehead atoms. The first-order valence-corrected chi connectivity index (χ1v) is 6.93. The molecule has 1 aromatic heterocycles. The van der Waals surface area contributed by atoms with Gasteiger partial charge in [0.05, 0.1) is 10.6 Å². The number of aromatic amines is 1. The molecule has 3 N–H and O–H groups in total. The average Bonchev–Trinajstić information content (AvgIpc) is 3.22. The Bertz CT molecular complexity index is 694. The average molecular weight is 305 g/mol. The molecule has 1 heterocycles. The summed E-state index contributed by atoms with van der Waals surface area (Å²) in [6.45, 7) is 0. The van der Waals surface area contributed by atoms with Crippen LogP contribution in [-0.2, 0) is 0 Å². The number of benzene rings is 1. The van der Waals surface area contributed by atoms with Crippen molar-refractivity contribution >= 4 is 23.4 Å². The number of amides is 2. The van der Waals surface area contributed by atoms with Crippen LogP contribution in [-0.4, -0.2) is 22.0 Å². The third kappa shape index (κ3) is 3.05. The summed E-state index contributed by atoms with van der Waals surface area (Å²) in [6.07, 6.45) is 2.24. The van der Waals surface area contributed by atoms with Crippen LogP contribution in [0.3, 0.4) is 0 Å². The lowest BCUT2D eigenvalue weighted by Gasteiger charge is -2.06. The van der Waals surface area contributed by atoms with E-state index in [9.17, 15) is 9.59 Å². The molecule has 1 aliphatic rings. The van der Waals surface area contributed by atoms with E-state index in [2.05, 4.69) is 21.0 Å². The highest BCUT2D eigenvalue weighted by atomic mass is 35.5. The Labute approximate surface area is 125 Å². The molecule has 2 aromatic rings. The Balaban J connectivity index is 1.60. The van der Waals surface area contributed by atoms with E-state index in [1.54, 1.807) is 30.3 Å². The largest absolute Gasteiger partial charge is 0.290 e. The normalized spacial score (nSPS) is 13.8. The maximum Gasteiger partial charge on any atom is 0.290 e. The predicted molar refractivity (Wildman–Crippen MR) is 76.9 cm³/mol.